The number of hydrogen-bond donors (Lipinski definition) is 2. The normalized spacial score (nSPS) is 14.4. The lowest BCUT2D eigenvalue weighted by Gasteiger charge is -2.29. The molecule has 0 aromatic carbocycles. The summed E-state index contributed by atoms with van der Waals surface area (Å²) in [4.78, 5) is 10.6. The fraction of sp³-hybridized carbons (Fsp3) is 0.400. The Morgan fingerprint density at radius 3 is 3.11 bits per heavy atom. The molecule has 0 unspecified atom stereocenters. The number of nitrogen functional groups attached to an aromatic ring is 1. The van der Waals surface area contributed by atoms with E-state index in [1.807, 2.05) is 6.92 Å². The average molecular weight is 246 g/mol. The third kappa shape index (κ3) is 1.76. The van der Waals surface area contributed by atoms with Gasteiger partial charge >= 0.3 is 0 Å². The highest BCUT2D eigenvalue weighted by Gasteiger charge is 2.20. The van der Waals surface area contributed by atoms with Crippen LogP contribution in [0.3, 0.4) is 0 Å². The molecule has 1 aliphatic heterocycles. The Morgan fingerprint density at radius 1 is 1.39 bits per heavy atom. The fourth-order valence-electron chi connectivity index (χ4n) is 2.07. The van der Waals surface area contributed by atoms with Crippen molar-refractivity contribution in [2.24, 2.45) is 5.84 Å². The number of nitrogens with zero attached hydrogens (tertiary/aromatic N) is 6. The van der Waals surface area contributed by atoms with Crippen molar-refractivity contribution in [2.75, 3.05) is 16.9 Å². The van der Waals surface area contributed by atoms with Crippen molar-refractivity contribution in [3.05, 3.63) is 23.9 Å². The Balaban J connectivity index is 1.92. The molecule has 3 rings (SSSR count). The molecule has 2 aromatic heterocycles. The molecule has 0 aliphatic carbocycles. The molecule has 2 aromatic rings. The molecule has 0 saturated heterocycles. The molecule has 1 aliphatic rings. The number of nitrogens with one attached hydrogen (secondary N) is 1. The minimum Gasteiger partial charge on any atom is -0.347 e. The summed E-state index contributed by atoms with van der Waals surface area (Å²) in [6, 6.07) is 0. The average Bonchev–Trinajstić information content (AvgIpc) is 2.86. The molecule has 8 heteroatoms. The van der Waals surface area contributed by atoms with Gasteiger partial charge in [0.1, 0.15) is 12.1 Å². The zero-order chi connectivity index (χ0) is 12.5. The number of nitrogens with two attached hydrogens (primary N) is 1. The summed E-state index contributed by atoms with van der Waals surface area (Å²) in [6.45, 7) is 4.40. The van der Waals surface area contributed by atoms with Gasteiger partial charge in [0.25, 0.3) is 0 Å². The van der Waals surface area contributed by atoms with E-state index < -0.39 is 0 Å². The molecule has 0 bridgehead atoms. The van der Waals surface area contributed by atoms with Gasteiger partial charge in [-0.2, -0.15) is 4.98 Å². The minimum atomic E-state index is 0.419. The maximum atomic E-state index is 5.34. The van der Waals surface area contributed by atoms with Crippen molar-refractivity contribution in [1.82, 2.24) is 24.7 Å². The summed E-state index contributed by atoms with van der Waals surface area (Å²) < 4.78 is 2.05. The van der Waals surface area contributed by atoms with Gasteiger partial charge in [-0.3, -0.25) is 5.43 Å². The third-order valence-electron chi connectivity index (χ3n) is 3.01. The lowest BCUT2D eigenvalue weighted by molar-refractivity contribution is 0.555. The van der Waals surface area contributed by atoms with Gasteiger partial charge < -0.3 is 9.47 Å². The van der Waals surface area contributed by atoms with Crippen LogP contribution < -0.4 is 16.2 Å². The monoisotopic (exact) mass is 246 g/mol. The van der Waals surface area contributed by atoms with Crippen molar-refractivity contribution in [2.45, 2.75) is 20.0 Å². The van der Waals surface area contributed by atoms with Crippen LogP contribution in [0.2, 0.25) is 0 Å². The number of anilines is 2. The highest BCUT2D eigenvalue weighted by atomic mass is 15.4. The predicted molar refractivity (Wildman–Crippen MR) is 65.7 cm³/mol. The van der Waals surface area contributed by atoms with Crippen molar-refractivity contribution in [1.29, 1.82) is 0 Å². The van der Waals surface area contributed by atoms with E-state index in [2.05, 4.69) is 35.1 Å². The van der Waals surface area contributed by atoms with Crippen molar-refractivity contribution in [3.8, 4) is 0 Å². The fourth-order valence-corrected chi connectivity index (χ4v) is 2.07. The molecule has 0 saturated carbocycles. The van der Waals surface area contributed by atoms with Crippen molar-refractivity contribution < 1.29 is 0 Å². The smallest absolute Gasteiger partial charge is 0.239 e. The first-order chi connectivity index (χ1) is 8.78. The second kappa shape index (κ2) is 4.22. The molecule has 94 valence electrons. The van der Waals surface area contributed by atoms with E-state index in [1.165, 1.54) is 0 Å². The van der Waals surface area contributed by atoms with E-state index >= 15 is 0 Å². The molecule has 0 spiro atoms. The van der Waals surface area contributed by atoms with Crippen LogP contribution in [0, 0.1) is 6.92 Å². The van der Waals surface area contributed by atoms with Crippen LogP contribution in [0.15, 0.2) is 12.5 Å². The van der Waals surface area contributed by atoms with Crippen LogP contribution in [0.5, 0.6) is 0 Å². The van der Waals surface area contributed by atoms with Crippen LogP contribution in [0.4, 0.5) is 11.8 Å². The molecular formula is C10H14N8. The first-order valence-corrected chi connectivity index (χ1v) is 5.70. The standard InChI is InChI=1S/C10H14N8/c1-7-4-12-10(15-11)14-9(7)17-2-3-18-6-13-16-8(18)5-17/h4,6H,2-3,5,11H2,1H3,(H,12,14,15). The van der Waals surface area contributed by atoms with Crippen LogP contribution >= 0.6 is 0 Å². The van der Waals surface area contributed by atoms with Gasteiger partial charge in [0, 0.05) is 24.8 Å². The maximum absolute atomic E-state index is 5.34. The second-order valence-corrected chi connectivity index (χ2v) is 4.21. The highest BCUT2D eigenvalue weighted by molar-refractivity contribution is 5.49. The Morgan fingerprint density at radius 2 is 2.28 bits per heavy atom. The predicted octanol–water partition coefficient (Wildman–Crippen LogP) is -0.318. The maximum Gasteiger partial charge on any atom is 0.239 e. The first kappa shape index (κ1) is 10.9. The summed E-state index contributed by atoms with van der Waals surface area (Å²) in [6.07, 6.45) is 3.52. The number of fused-ring (bicyclic) bond motifs is 1. The van der Waals surface area contributed by atoms with Crippen LogP contribution in [0.1, 0.15) is 11.4 Å². The van der Waals surface area contributed by atoms with E-state index in [4.69, 9.17) is 5.84 Å². The van der Waals surface area contributed by atoms with E-state index in [-0.39, 0.29) is 0 Å². The van der Waals surface area contributed by atoms with Crippen molar-refractivity contribution >= 4 is 11.8 Å². The zero-order valence-electron chi connectivity index (χ0n) is 10.0. The summed E-state index contributed by atoms with van der Waals surface area (Å²) in [5.74, 6) is 7.59. The van der Waals surface area contributed by atoms with Gasteiger partial charge in [0.05, 0.1) is 6.54 Å². The lowest BCUT2D eigenvalue weighted by Crippen LogP contribution is -2.35. The molecular weight excluding hydrogens is 232 g/mol. The quantitative estimate of drug-likeness (QED) is 0.553. The van der Waals surface area contributed by atoms with E-state index in [1.54, 1.807) is 12.5 Å². The second-order valence-electron chi connectivity index (χ2n) is 4.21. The molecule has 0 atom stereocenters. The number of hydrogen-bond acceptors (Lipinski definition) is 7. The molecule has 0 amide bonds. The Hall–Kier alpha value is -2.22. The number of aryl methyl sites for hydroxylation is 1. The molecule has 0 radical (unpaired) electrons. The van der Waals surface area contributed by atoms with E-state index in [9.17, 15) is 0 Å². The van der Waals surface area contributed by atoms with E-state index in [0.717, 1.165) is 30.3 Å². The Kier molecular flexibility index (Phi) is 2.56. The largest absolute Gasteiger partial charge is 0.347 e. The van der Waals surface area contributed by atoms with E-state index in [0.29, 0.717) is 12.5 Å². The Labute approximate surface area is 104 Å². The number of hydrazine groups is 1. The molecule has 0 fully saturated rings. The lowest BCUT2D eigenvalue weighted by atomic mass is 10.3. The third-order valence-corrected chi connectivity index (χ3v) is 3.01. The summed E-state index contributed by atoms with van der Waals surface area (Å²) >= 11 is 0. The molecule has 18 heavy (non-hydrogen) atoms. The van der Waals surface area contributed by atoms with Gasteiger partial charge in [-0.25, -0.2) is 10.8 Å². The minimum absolute atomic E-state index is 0.419. The van der Waals surface area contributed by atoms with Crippen LogP contribution in [-0.2, 0) is 13.1 Å². The SMILES string of the molecule is Cc1cnc(NN)nc1N1CCn2cnnc2C1. The summed E-state index contributed by atoms with van der Waals surface area (Å²) in [5.41, 5.74) is 3.48. The topological polar surface area (TPSA) is 97.8 Å². The number of rotatable bonds is 2. The van der Waals surface area contributed by atoms with Crippen LogP contribution in [0.25, 0.3) is 0 Å². The zero-order valence-corrected chi connectivity index (χ0v) is 10.0. The van der Waals surface area contributed by atoms with Gasteiger partial charge in [-0.05, 0) is 6.92 Å². The molecule has 3 heterocycles. The van der Waals surface area contributed by atoms with Gasteiger partial charge in [0.15, 0.2) is 5.82 Å². The highest BCUT2D eigenvalue weighted by Crippen LogP contribution is 2.21. The molecule has 3 N–H and O–H groups in total. The van der Waals surface area contributed by atoms with Crippen LogP contribution in [-0.4, -0.2) is 31.3 Å². The molecule has 8 nitrogen and oxygen atoms in total. The first-order valence-electron chi connectivity index (χ1n) is 5.70. The number of aromatic nitrogens is 5. The van der Waals surface area contributed by atoms with Gasteiger partial charge in [-0.15, -0.1) is 10.2 Å². The van der Waals surface area contributed by atoms with Gasteiger partial charge in [-0.1, -0.05) is 0 Å². The summed E-state index contributed by atoms with van der Waals surface area (Å²) in [5, 5.41) is 8.00. The summed E-state index contributed by atoms with van der Waals surface area (Å²) in [7, 11) is 0. The Bertz CT molecular complexity index is 563. The van der Waals surface area contributed by atoms with Gasteiger partial charge in [0.2, 0.25) is 5.95 Å². The van der Waals surface area contributed by atoms with Crippen molar-refractivity contribution in [3.63, 3.8) is 0 Å².